The monoisotopic (exact) mass is 223 g/mol. The van der Waals surface area contributed by atoms with Gasteiger partial charge in [-0.25, -0.2) is 0 Å². The summed E-state index contributed by atoms with van der Waals surface area (Å²) in [7, 11) is 0. The van der Waals surface area contributed by atoms with Gasteiger partial charge in [-0.05, 0) is 18.3 Å². The van der Waals surface area contributed by atoms with Crippen molar-refractivity contribution in [1.29, 1.82) is 0 Å². The van der Waals surface area contributed by atoms with Crippen molar-refractivity contribution < 1.29 is 14.4 Å². The van der Waals surface area contributed by atoms with Crippen molar-refractivity contribution in [2.75, 3.05) is 6.54 Å². The van der Waals surface area contributed by atoms with Gasteiger partial charge < -0.3 is 4.79 Å². The van der Waals surface area contributed by atoms with E-state index in [0.717, 1.165) is 12.7 Å². The third-order valence-electron chi connectivity index (χ3n) is 2.70. The second-order valence-electron chi connectivity index (χ2n) is 4.47. The molecule has 0 radical (unpaired) electrons. The molecule has 4 nitrogen and oxygen atoms in total. The molecule has 16 heavy (non-hydrogen) atoms. The highest BCUT2D eigenvalue weighted by Crippen LogP contribution is 2.17. The van der Waals surface area contributed by atoms with Gasteiger partial charge in [0.2, 0.25) is 0 Å². The van der Waals surface area contributed by atoms with E-state index in [2.05, 4.69) is 0 Å². The molecule has 1 aliphatic rings. The van der Waals surface area contributed by atoms with Crippen molar-refractivity contribution in [1.82, 2.24) is 4.90 Å². The van der Waals surface area contributed by atoms with E-state index in [9.17, 15) is 14.4 Å². The van der Waals surface area contributed by atoms with Crippen LogP contribution in [0, 0.1) is 11.8 Å². The molecule has 0 saturated carbocycles. The van der Waals surface area contributed by atoms with Gasteiger partial charge in [-0.2, -0.15) is 0 Å². The summed E-state index contributed by atoms with van der Waals surface area (Å²) in [5.41, 5.74) is 0. The number of amides is 2. The van der Waals surface area contributed by atoms with Crippen molar-refractivity contribution in [3.63, 3.8) is 0 Å². The van der Waals surface area contributed by atoms with Gasteiger partial charge in [0.1, 0.15) is 6.29 Å². The minimum atomic E-state index is -0.236. The molecule has 1 aliphatic heterocycles. The molecule has 1 heterocycles. The minimum Gasteiger partial charge on any atom is -0.303 e. The molecule has 2 unspecified atom stereocenters. The zero-order valence-electron chi connectivity index (χ0n) is 9.68. The first-order chi connectivity index (χ1) is 7.54. The van der Waals surface area contributed by atoms with Crippen LogP contribution < -0.4 is 0 Å². The second kappa shape index (κ2) is 5.58. The van der Waals surface area contributed by atoms with Gasteiger partial charge in [-0.1, -0.05) is 13.8 Å². The molecule has 0 saturated heterocycles. The predicted octanol–water partition coefficient (Wildman–Crippen LogP) is 1.16. The van der Waals surface area contributed by atoms with E-state index in [1.807, 2.05) is 13.8 Å². The Morgan fingerprint density at radius 2 is 1.75 bits per heavy atom. The maximum absolute atomic E-state index is 11.3. The molecule has 0 aromatic carbocycles. The molecule has 2 amide bonds. The molecule has 0 bridgehead atoms. The summed E-state index contributed by atoms with van der Waals surface area (Å²) in [5.74, 6) is 0.0517. The van der Waals surface area contributed by atoms with Gasteiger partial charge in [-0.3, -0.25) is 14.5 Å². The van der Waals surface area contributed by atoms with Crippen LogP contribution in [-0.4, -0.2) is 29.5 Å². The molecule has 0 spiro atoms. The summed E-state index contributed by atoms with van der Waals surface area (Å²) in [5, 5.41) is 0. The number of hydrogen-bond donors (Lipinski definition) is 0. The van der Waals surface area contributed by atoms with E-state index in [0.29, 0.717) is 18.9 Å². The van der Waals surface area contributed by atoms with Gasteiger partial charge in [0.05, 0.1) is 0 Å². The first-order valence-electron chi connectivity index (χ1n) is 5.51. The lowest BCUT2D eigenvalue weighted by atomic mass is 9.95. The molecule has 0 fully saturated rings. The van der Waals surface area contributed by atoms with Crippen LogP contribution in [0.15, 0.2) is 12.2 Å². The summed E-state index contributed by atoms with van der Waals surface area (Å²) in [4.78, 5) is 34.2. The summed E-state index contributed by atoms with van der Waals surface area (Å²) in [6, 6.07) is 0. The van der Waals surface area contributed by atoms with Crippen LogP contribution in [0.2, 0.25) is 0 Å². The van der Waals surface area contributed by atoms with E-state index in [1.54, 1.807) is 0 Å². The van der Waals surface area contributed by atoms with E-state index >= 15 is 0 Å². The lowest BCUT2D eigenvalue weighted by Gasteiger charge is -2.21. The maximum Gasteiger partial charge on any atom is 0.253 e. The van der Waals surface area contributed by atoms with Crippen LogP contribution in [0.4, 0.5) is 0 Å². The van der Waals surface area contributed by atoms with Crippen molar-refractivity contribution >= 4 is 18.1 Å². The Balaban J connectivity index is 2.39. The second-order valence-corrected chi connectivity index (χ2v) is 4.47. The SMILES string of the molecule is CC(CC=O)CC(C)CN1C(=O)C=CC1=O. The van der Waals surface area contributed by atoms with E-state index in [4.69, 9.17) is 0 Å². The fraction of sp³-hybridized carbons (Fsp3) is 0.583. The lowest BCUT2D eigenvalue weighted by molar-refractivity contribution is -0.137. The average molecular weight is 223 g/mol. The summed E-state index contributed by atoms with van der Waals surface area (Å²) >= 11 is 0. The summed E-state index contributed by atoms with van der Waals surface area (Å²) in [6.07, 6.45) is 4.87. The smallest absolute Gasteiger partial charge is 0.253 e. The number of imide groups is 1. The van der Waals surface area contributed by atoms with E-state index in [-0.39, 0.29) is 17.7 Å². The van der Waals surface area contributed by atoms with Gasteiger partial charge >= 0.3 is 0 Å². The van der Waals surface area contributed by atoms with Gasteiger partial charge in [-0.15, -0.1) is 0 Å². The number of aldehydes is 1. The topological polar surface area (TPSA) is 54.5 Å². The van der Waals surface area contributed by atoms with Crippen LogP contribution in [0.5, 0.6) is 0 Å². The molecule has 0 aliphatic carbocycles. The predicted molar refractivity (Wildman–Crippen MR) is 59.5 cm³/mol. The fourth-order valence-electron chi connectivity index (χ4n) is 1.94. The molecular formula is C12H17NO3. The Labute approximate surface area is 95.3 Å². The van der Waals surface area contributed by atoms with Crippen LogP contribution >= 0.6 is 0 Å². The fourth-order valence-corrected chi connectivity index (χ4v) is 1.94. The van der Waals surface area contributed by atoms with Crippen LogP contribution in [0.1, 0.15) is 26.7 Å². The number of carbonyl (C=O) groups is 3. The largest absolute Gasteiger partial charge is 0.303 e. The van der Waals surface area contributed by atoms with Crippen LogP contribution in [0.25, 0.3) is 0 Å². The minimum absolute atomic E-state index is 0.225. The van der Waals surface area contributed by atoms with Gasteiger partial charge in [0, 0.05) is 25.1 Å². The Hall–Kier alpha value is -1.45. The Morgan fingerprint density at radius 1 is 1.19 bits per heavy atom. The maximum atomic E-state index is 11.3. The highest BCUT2D eigenvalue weighted by atomic mass is 16.2. The Kier molecular flexibility index (Phi) is 4.40. The van der Waals surface area contributed by atoms with Crippen molar-refractivity contribution in [3.8, 4) is 0 Å². The standard InChI is InChI=1S/C12H17NO3/c1-9(5-6-14)7-10(2)8-13-11(15)3-4-12(13)16/h3-4,6,9-10H,5,7-8H2,1-2H3. The first kappa shape index (κ1) is 12.6. The Morgan fingerprint density at radius 3 is 2.25 bits per heavy atom. The third kappa shape index (κ3) is 3.29. The van der Waals surface area contributed by atoms with Crippen molar-refractivity contribution in [3.05, 3.63) is 12.2 Å². The molecule has 1 rings (SSSR count). The summed E-state index contributed by atoms with van der Waals surface area (Å²) in [6.45, 7) is 4.42. The van der Waals surface area contributed by atoms with Gasteiger partial charge in [0.25, 0.3) is 11.8 Å². The number of hydrogen-bond acceptors (Lipinski definition) is 3. The average Bonchev–Trinajstić information content (AvgIpc) is 2.49. The van der Waals surface area contributed by atoms with Crippen LogP contribution in [-0.2, 0) is 14.4 Å². The zero-order chi connectivity index (χ0) is 12.1. The number of carbonyl (C=O) groups excluding carboxylic acids is 3. The molecule has 4 heteroatoms. The lowest BCUT2D eigenvalue weighted by Crippen LogP contribution is -2.34. The van der Waals surface area contributed by atoms with Gasteiger partial charge in [0.15, 0.2) is 0 Å². The first-order valence-corrected chi connectivity index (χ1v) is 5.51. The molecule has 0 aromatic rings. The summed E-state index contributed by atoms with van der Waals surface area (Å²) < 4.78 is 0. The zero-order valence-corrected chi connectivity index (χ0v) is 9.68. The Bertz CT molecular complexity index is 304. The highest BCUT2D eigenvalue weighted by Gasteiger charge is 2.25. The van der Waals surface area contributed by atoms with Crippen molar-refractivity contribution in [2.45, 2.75) is 26.7 Å². The van der Waals surface area contributed by atoms with Crippen LogP contribution in [0.3, 0.4) is 0 Å². The molecular weight excluding hydrogens is 206 g/mol. The molecule has 0 N–H and O–H groups in total. The quantitative estimate of drug-likeness (QED) is 0.501. The molecule has 2 atom stereocenters. The number of nitrogens with zero attached hydrogens (tertiary/aromatic N) is 1. The third-order valence-corrected chi connectivity index (χ3v) is 2.70. The van der Waals surface area contributed by atoms with Crippen molar-refractivity contribution in [2.24, 2.45) is 11.8 Å². The number of rotatable bonds is 6. The normalized spacial score (nSPS) is 19.0. The molecule has 88 valence electrons. The molecule has 0 aromatic heterocycles. The highest BCUT2D eigenvalue weighted by molar-refractivity contribution is 6.12. The van der Waals surface area contributed by atoms with E-state index < -0.39 is 0 Å². The van der Waals surface area contributed by atoms with E-state index in [1.165, 1.54) is 17.1 Å².